The molecule has 0 aliphatic heterocycles. The highest BCUT2D eigenvalue weighted by atomic mass is 32.1. The maximum absolute atomic E-state index is 12.4. The molecule has 0 aliphatic rings. The molecule has 2 N–H and O–H groups in total. The molecule has 0 saturated heterocycles. The maximum Gasteiger partial charge on any atom is 0.261 e. The number of rotatable bonds is 3. The first-order chi connectivity index (χ1) is 10.9. The molecule has 0 atom stereocenters. The lowest BCUT2D eigenvalue weighted by atomic mass is 10.1. The van der Waals surface area contributed by atoms with Gasteiger partial charge in [-0.3, -0.25) is 10.1 Å². The van der Waals surface area contributed by atoms with Crippen molar-refractivity contribution >= 4 is 28.9 Å². The van der Waals surface area contributed by atoms with Crippen LogP contribution in [0.15, 0.2) is 36.4 Å². The van der Waals surface area contributed by atoms with Crippen LogP contribution in [0.25, 0.3) is 0 Å². The summed E-state index contributed by atoms with van der Waals surface area (Å²) in [6.07, 6.45) is 0. The number of benzene rings is 2. The van der Waals surface area contributed by atoms with Gasteiger partial charge in [-0.1, -0.05) is 18.2 Å². The van der Waals surface area contributed by atoms with Gasteiger partial charge in [-0.25, -0.2) is 0 Å². The van der Waals surface area contributed by atoms with Crippen LogP contribution in [0.4, 0.5) is 5.69 Å². The van der Waals surface area contributed by atoms with E-state index in [9.17, 15) is 4.79 Å². The average molecular weight is 328 g/mol. The van der Waals surface area contributed by atoms with Crippen molar-refractivity contribution < 1.29 is 9.53 Å². The van der Waals surface area contributed by atoms with Gasteiger partial charge in [0.15, 0.2) is 5.11 Å². The molecular formula is C18H20N2O2S. The number of carbonyl (C=O) groups excluding carboxylic acids is 1. The molecule has 0 unspecified atom stereocenters. The number of amides is 1. The Morgan fingerprint density at radius 3 is 2.35 bits per heavy atom. The Labute approximate surface area is 141 Å². The van der Waals surface area contributed by atoms with Crippen LogP contribution in [-0.4, -0.2) is 18.1 Å². The molecule has 2 aromatic rings. The summed E-state index contributed by atoms with van der Waals surface area (Å²) in [5, 5.41) is 5.98. The van der Waals surface area contributed by atoms with E-state index in [1.807, 2.05) is 45.0 Å². The normalized spacial score (nSPS) is 10.1. The minimum absolute atomic E-state index is 0.253. The van der Waals surface area contributed by atoms with E-state index in [2.05, 4.69) is 16.7 Å². The standard InChI is InChI=1S/C18H20N2O2S/c1-11-8-12(2)10-14(9-11)19-18(23)20-17(21)15-7-5-6-13(3)16(15)22-4/h5-10H,1-4H3,(H2,19,20,21,23). The molecular weight excluding hydrogens is 308 g/mol. The Morgan fingerprint density at radius 2 is 1.74 bits per heavy atom. The lowest BCUT2D eigenvalue weighted by Gasteiger charge is -2.13. The first-order valence-corrected chi connectivity index (χ1v) is 7.65. The highest BCUT2D eigenvalue weighted by Gasteiger charge is 2.15. The summed E-state index contributed by atoms with van der Waals surface area (Å²) in [6.45, 7) is 5.91. The number of ether oxygens (including phenoxy) is 1. The largest absolute Gasteiger partial charge is 0.496 e. The van der Waals surface area contributed by atoms with Gasteiger partial charge >= 0.3 is 0 Å². The SMILES string of the molecule is COc1c(C)cccc1C(=O)NC(=S)Nc1cc(C)cc(C)c1. The molecule has 120 valence electrons. The van der Waals surface area contributed by atoms with Gasteiger partial charge < -0.3 is 10.1 Å². The highest BCUT2D eigenvalue weighted by molar-refractivity contribution is 7.80. The number of para-hydroxylation sites is 1. The second-order valence-corrected chi connectivity index (χ2v) is 5.85. The molecule has 2 aromatic carbocycles. The minimum Gasteiger partial charge on any atom is -0.496 e. The molecule has 5 heteroatoms. The van der Waals surface area contributed by atoms with Crippen LogP contribution in [0.3, 0.4) is 0 Å². The van der Waals surface area contributed by atoms with Crippen LogP contribution in [0.2, 0.25) is 0 Å². The molecule has 0 aromatic heterocycles. The van der Waals surface area contributed by atoms with Crippen molar-refractivity contribution in [1.29, 1.82) is 0 Å². The van der Waals surface area contributed by atoms with Crippen molar-refractivity contribution in [3.63, 3.8) is 0 Å². The predicted molar refractivity (Wildman–Crippen MR) is 97.3 cm³/mol. The van der Waals surface area contributed by atoms with Crippen LogP contribution in [0, 0.1) is 20.8 Å². The molecule has 0 fully saturated rings. The van der Waals surface area contributed by atoms with E-state index in [1.54, 1.807) is 13.2 Å². The zero-order valence-electron chi connectivity index (χ0n) is 13.7. The fraction of sp³-hybridized carbons (Fsp3) is 0.222. The topological polar surface area (TPSA) is 50.4 Å². The first-order valence-electron chi connectivity index (χ1n) is 7.25. The zero-order chi connectivity index (χ0) is 17.0. The third-order valence-electron chi connectivity index (χ3n) is 3.37. The van der Waals surface area contributed by atoms with Gasteiger partial charge in [0.2, 0.25) is 0 Å². The van der Waals surface area contributed by atoms with Crippen molar-refractivity contribution in [2.24, 2.45) is 0 Å². The number of hydrogen-bond acceptors (Lipinski definition) is 3. The molecule has 1 amide bonds. The summed E-state index contributed by atoms with van der Waals surface area (Å²) < 4.78 is 5.30. The zero-order valence-corrected chi connectivity index (χ0v) is 14.5. The van der Waals surface area contributed by atoms with Gasteiger partial charge in [0.1, 0.15) is 5.75 Å². The predicted octanol–water partition coefficient (Wildman–Crippen LogP) is 3.75. The van der Waals surface area contributed by atoms with Crippen molar-refractivity contribution in [3.8, 4) is 5.75 Å². The van der Waals surface area contributed by atoms with Crippen molar-refractivity contribution in [2.45, 2.75) is 20.8 Å². The molecule has 0 radical (unpaired) electrons. The Hall–Kier alpha value is -2.40. The smallest absolute Gasteiger partial charge is 0.261 e. The number of nitrogens with one attached hydrogen (secondary N) is 2. The van der Waals surface area contributed by atoms with Crippen LogP contribution >= 0.6 is 12.2 Å². The summed E-state index contributed by atoms with van der Waals surface area (Å²) in [7, 11) is 1.55. The van der Waals surface area contributed by atoms with E-state index in [0.717, 1.165) is 22.4 Å². The number of carbonyl (C=O) groups is 1. The quantitative estimate of drug-likeness (QED) is 0.843. The molecule has 0 spiro atoms. The number of aryl methyl sites for hydroxylation is 3. The molecule has 23 heavy (non-hydrogen) atoms. The molecule has 0 saturated carbocycles. The second kappa shape index (κ2) is 7.24. The van der Waals surface area contributed by atoms with Gasteiger partial charge in [-0.15, -0.1) is 0 Å². The Morgan fingerprint density at radius 1 is 1.09 bits per heavy atom. The van der Waals surface area contributed by atoms with Crippen molar-refractivity contribution in [3.05, 3.63) is 58.7 Å². The third kappa shape index (κ3) is 4.29. The highest BCUT2D eigenvalue weighted by Crippen LogP contribution is 2.22. The maximum atomic E-state index is 12.4. The Kier molecular flexibility index (Phi) is 5.34. The van der Waals surface area contributed by atoms with Crippen LogP contribution < -0.4 is 15.4 Å². The van der Waals surface area contributed by atoms with Gasteiger partial charge in [0.05, 0.1) is 12.7 Å². The van der Waals surface area contributed by atoms with Gasteiger partial charge in [0.25, 0.3) is 5.91 Å². The summed E-state index contributed by atoms with van der Waals surface area (Å²) >= 11 is 5.23. The van der Waals surface area contributed by atoms with Crippen molar-refractivity contribution in [2.75, 3.05) is 12.4 Å². The minimum atomic E-state index is -0.299. The lowest BCUT2D eigenvalue weighted by Crippen LogP contribution is -2.34. The van der Waals surface area contributed by atoms with Crippen LogP contribution in [0.1, 0.15) is 27.0 Å². The van der Waals surface area contributed by atoms with Gasteiger partial charge in [0, 0.05) is 5.69 Å². The third-order valence-corrected chi connectivity index (χ3v) is 3.57. The number of methoxy groups -OCH3 is 1. The van der Waals surface area contributed by atoms with Crippen LogP contribution in [-0.2, 0) is 0 Å². The summed E-state index contributed by atoms with van der Waals surface area (Å²) in [5.74, 6) is 0.256. The molecule has 4 nitrogen and oxygen atoms in total. The average Bonchev–Trinajstić information content (AvgIpc) is 2.45. The molecule has 0 heterocycles. The van der Waals surface area contributed by atoms with E-state index in [1.165, 1.54) is 0 Å². The lowest BCUT2D eigenvalue weighted by molar-refractivity contribution is 0.0974. The molecule has 0 aliphatic carbocycles. The number of thiocarbonyl (C=S) groups is 1. The van der Waals surface area contributed by atoms with E-state index in [0.29, 0.717) is 11.3 Å². The van der Waals surface area contributed by atoms with Crippen molar-refractivity contribution in [1.82, 2.24) is 5.32 Å². The molecule has 0 bridgehead atoms. The first kappa shape index (κ1) is 17.0. The number of anilines is 1. The Bertz CT molecular complexity index is 736. The summed E-state index contributed by atoms with van der Waals surface area (Å²) in [5.41, 5.74) is 4.46. The molecule has 2 rings (SSSR count). The van der Waals surface area contributed by atoms with E-state index in [-0.39, 0.29) is 11.0 Å². The van der Waals surface area contributed by atoms with E-state index >= 15 is 0 Å². The van der Waals surface area contributed by atoms with Gasteiger partial charge in [-0.2, -0.15) is 0 Å². The van der Waals surface area contributed by atoms with E-state index in [4.69, 9.17) is 17.0 Å². The second-order valence-electron chi connectivity index (χ2n) is 5.44. The fourth-order valence-electron chi connectivity index (χ4n) is 2.48. The summed E-state index contributed by atoms with van der Waals surface area (Å²) in [6, 6.07) is 11.4. The van der Waals surface area contributed by atoms with Crippen LogP contribution in [0.5, 0.6) is 5.75 Å². The monoisotopic (exact) mass is 328 g/mol. The Balaban J connectivity index is 2.11. The van der Waals surface area contributed by atoms with Gasteiger partial charge in [-0.05, 0) is 67.9 Å². The van der Waals surface area contributed by atoms with E-state index < -0.39 is 0 Å². The summed E-state index contributed by atoms with van der Waals surface area (Å²) in [4.78, 5) is 12.4. The number of hydrogen-bond donors (Lipinski definition) is 2. The fourth-order valence-corrected chi connectivity index (χ4v) is 2.69.